The monoisotopic (exact) mass is 318 g/mol. The predicted octanol–water partition coefficient (Wildman–Crippen LogP) is 2.52. The maximum atomic E-state index is 12.2. The largest absolute Gasteiger partial charge is 0.395 e. The quantitative estimate of drug-likeness (QED) is 0.496. The lowest BCUT2D eigenvalue weighted by atomic mass is 10.1. The van der Waals surface area contributed by atoms with Crippen LogP contribution in [0.5, 0.6) is 0 Å². The van der Waals surface area contributed by atoms with Gasteiger partial charge in [-0.1, -0.05) is 29.3 Å². The molecule has 6 nitrogen and oxygen atoms in total. The first-order valence-electron chi connectivity index (χ1n) is 5.56. The highest BCUT2D eigenvalue weighted by atomic mass is 35.5. The maximum absolute atomic E-state index is 12.2. The molecule has 1 amide bonds. The van der Waals surface area contributed by atoms with Crippen molar-refractivity contribution in [3.63, 3.8) is 0 Å². The summed E-state index contributed by atoms with van der Waals surface area (Å²) >= 11 is 11.5. The number of nitrogens with zero attached hydrogens (tertiary/aromatic N) is 2. The third-order valence-electron chi connectivity index (χ3n) is 2.46. The van der Waals surface area contributed by atoms with E-state index in [2.05, 4.69) is 6.58 Å². The van der Waals surface area contributed by atoms with Gasteiger partial charge in [-0.3, -0.25) is 14.9 Å². The summed E-state index contributed by atoms with van der Waals surface area (Å²) in [6.45, 7) is 3.56. The molecule has 1 rings (SSSR count). The normalized spacial score (nSPS) is 10.2. The average molecular weight is 319 g/mol. The van der Waals surface area contributed by atoms with Crippen LogP contribution in [-0.2, 0) is 0 Å². The molecule has 0 aliphatic rings. The minimum atomic E-state index is -0.713. The molecule has 0 saturated carbocycles. The van der Waals surface area contributed by atoms with Crippen LogP contribution in [0.1, 0.15) is 10.4 Å². The second-order valence-corrected chi connectivity index (χ2v) is 4.60. The Hall–Kier alpha value is -1.63. The molecule has 1 aromatic carbocycles. The highest BCUT2D eigenvalue weighted by Crippen LogP contribution is 2.33. The van der Waals surface area contributed by atoms with Gasteiger partial charge in [-0.05, 0) is 6.07 Å². The van der Waals surface area contributed by atoms with Crippen molar-refractivity contribution >= 4 is 34.8 Å². The van der Waals surface area contributed by atoms with E-state index in [1.54, 1.807) is 0 Å². The van der Waals surface area contributed by atoms with Gasteiger partial charge in [0.15, 0.2) is 0 Å². The Morgan fingerprint density at radius 2 is 2.15 bits per heavy atom. The Labute approximate surface area is 125 Å². The van der Waals surface area contributed by atoms with E-state index in [1.165, 1.54) is 17.0 Å². The van der Waals surface area contributed by atoms with Gasteiger partial charge in [-0.25, -0.2) is 0 Å². The summed E-state index contributed by atoms with van der Waals surface area (Å²) in [5.74, 6) is -0.499. The molecule has 0 unspecified atom stereocenters. The summed E-state index contributed by atoms with van der Waals surface area (Å²) in [7, 11) is 0. The summed E-state index contributed by atoms with van der Waals surface area (Å²) in [5, 5.41) is 19.5. The number of nitro groups is 1. The topological polar surface area (TPSA) is 83.7 Å². The average Bonchev–Trinajstić information content (AvgIpc) is 2.40. The molecule has 0 heterocycles. The molecular weight excluding hydrogens is 307 g/mol. The van der Waals surface area contributed by atoms with Crippen LogP contribution in [0.2, 0.25) is 10.0 Å². The second kappa shape index (κ2) is 7.23. The number of aliphatic hydroxyl groups excluding tert-OH is 1. The Morgan fingerprint density at radius 1 is 1.50 bits per heavy atom. The van der Waals surface area contributed by atoms with Gasteiger partial charge in [-0.2, -0.15) is 0 Å². The van der Waals surface area contributed by atoms with Gasteiger partial charge >= 0.3 is 0 Å². The lowest BCUT2D eigenvalue weighted by Gasteiger charge is -2.20. The third-order valence-corrected chi connectivity index (χ3v) is 3.25. The fourth-order valence-electron chi connectivity index (χ4n) is 1.57. The SMILES string of the molecule is C=CCN(CCO)C(=O)c1cc(Cl)c(Cl)c([N+](=O)[O-])c1. The van der Waals surface area contributed by atoms with Crippen molar-refractivity contribution in [3.05, 3.63) is 50.5 Å². The summed E-state index contributed by atoms with van der Waals surface area (Å²) < 4.78 is 0. The number of benzene rings is 1. The first kappa shape index (κ1) is 16.4. The van der Waals surface area contributed by atoms with Gasteiger partial charge in [0.25, 0.3) is 11.6 Å². The fourth-order valence-corrected chi connectivity index (χ4v) is 1.96. The predicted molar refractivity (Wildman–Crippen MR) is 76.3 cm³/mol. The van der Waals surface area contributed by atoms with E-state index < -0.39 is 16.5 Å². The number of rotatable bonds is 6. The number of aliphatic hydroxyl groups is 1. The number of hydrogen-bond acceptors (Lipinski definition) is 4. The van der Waals surface area contributed by atoms with Gasteiger partial charge in [0.05, 0.1) is 16.6 Å². The molecule has 20 heavy (non-hydrogen) atoms. The Kier molecular flexibility index (Phi) is 5.94. The van der Waals surface area contributed by atoms with Crippen molar-refractivity contribution in [1.29, 1.82) is 0 Å². The number of halogens is 2. The molecule has 0 spiro atoms. The molecule has 0 bridgehead atoms. The number of carbonyl (C=O) groups excluding carboxylic acids is 1. The summed E-state index contributed by atoms with van der Waals surface area (Å²) in [5.41, 5.74) is -0.411. The van der Waals surface area contributed by atoms with E-state index in [1.807, 2.05) is 0 Å². The van der Waals surface area contributed by atoms with Crippen LogP contribution in [0.15, 0.2) is 24.8 Å². The first-order chi connectivity index (χ1) is 9.42. The van der Waals surface area contributed by atoms with Crippen molar-refractivity contribution in [2.75, 3.05) is 19.7 Å². The zero-order valence-corrected chi connectivity index (χ0v) is 11.9. The van der Waals surface area contributed by atoms with E-state index >= 15 is 0 Å². The van der Waals surface area contributed by atoms with Crippen molar-refractivity contribution in [3.8, 4) is 0 Å². The van der Waals surface area contributed by atoms with Crippen molar-refractivity contribution in [2.24, 2.45) is 0 Å². The van der Waals surface area contributed by atoms with E-state index in [0.717, 1.165) is 6.07 Å². The van der Waals surface area contributed by atoms with E-state index in [4.69, 9.17) is 28.3 Å². The van der Waals surface area contributed by atoms with Crippen LogP contribution in [0.4, 0.5) is 5.69 Å². The molecule has 0 aliphatic heterocycles. The second-order valence-electron chi connectivity index (χ2n) is 3.81. The minimum absolute atomic E-state index is 0.0291. The van der Waals surface area contributed by atoms with Gasteiger partial charge in [0.2, 0.25) is 0 Å². The molecule has 0 atom stereocenters. The Morgan fingerprint density at radius 3 is 2.65 bits per heavy atom. The molecule has 1 aromatic rings. The zero-order chi connectivity index (χ0) is 15.3. The molecular formula is C12H12Cl2N2O4. The summed E-state index contributed by atoms with van der Waals surface area (Å²) in [6, 6.07) is 2.32. The van der Waals surface area contributed by atoms with Crippen LogP contribution < -0.4 is 0 Å². The molecule has 0 fully saturated rings. The van der Waals surface area contributed by atoms with Gasteiger partial charge in [-0.15, -0.1) is 6.58 Å². The number of nitro benzene ring substituents is 1. The highest BCUT2D eigenvalue weighted by molar-refractivity contribution is 6.43. The van der Waals surface area contributed by atoms with E-state index in [9.17, 15) is 14.9 Å². The maximum Gasteiger partial charge on any atom is 0.290 e. The summed E-state index contributed by atoms with van der Waals surface area (Å²) in [4.78, 5) is 23.6. The molecule has 0 saturated heterocycles. The molecule has 8 heteroatoms. The fraction of sp³-hybridized carbons (Fsp3) is 0.250. The van der Waals surface area contributed by atoms with Crippen LogP contribution in [0.25, 0.3) is 0 Å². The van der Waals surface area contributed by atoms with E-state index in [-0.39, 0.29) is 35.3 Å². The van der Waals surface area contributed by atoms with Gasteiger partial charge in [0.1, 0.15) is 5.02 Å². The molecule has 1 N–H and O–H groups in total. The van der Waals surface area contributed by atoms with Crippen molar-refractivity contribution in [1.82, 2.24) is 4.90 Å². The van der Waals surface area contributed by atoms with Gasteiger partial charge in [0, 0.05) is 24.7 Å². The molecule has 0 aliphatic carbocycles. The van der Waals surface area contributed by atoms with E-state index in [0.29, 0.717) is 0 Å². The summed E-state index contributed by atoms with van der Waals surface area (Å²) in [6.07, 6.45) is 1.49. The molecule has 0 aromatic heterocycles. The number of hydrogen-bond donors (Lipinski definition) is 1. The van der Waals surface area contributed by atoms with Crippen molar-refractivity contribution < 1.29 is 14.8 Å². The van der Waals surface area contributed by atoms with Crippen LogP contribution in [-0.4, -0.2) is 40.5 Å². The Bertz CT molecular complexity index is 549. The number of carbonyl (C=O) groups is 1. The Balaban J connectivity index is 3.21. The highest BCUT2D eigenvalue weighted by Gasteiger charge is 2.22. The smallest absolute Gasteiger partial charge is 0.290 e. The zero-order valence-electron chi connectivity index (χ0n) is 10.4. The van der Waals surface area contributed by atoms with Crippen molar-refractivity contribution in [2.45, 2.75) is 0 Å². The first-order valence-corrected chi connectivity index (χ1v) is 6.32. The lowest BCUT2D eigenvalue weighted by Crippen LogP contribution is -2.33. The van der Waals surface area contributed by atoms with Gasteiger partial charge < -0.3 is 10.0 Å². The standard InChI is InChI=1S/C12H12Cl2N2O4/c1-2-3-15(4-5-17)12(18)8-6-9(13)11(14)10(7-8)16(19)20/h2,6-7,17H,1,3-5H2. The van der Waals surface area contributed by atoms with Crippen LogP contribution in [0.3, 0.4) is 0 Å². The lowest BCUT2D eigenvalue weighted by molar-refractivity contribution is -0.384. The van der Waals surface area contributed by atoms with Crippen LogP contribution in [0, 0.1) is 10.1 Å². The molecule has 0 radical (unpaired) electrons. The minimum Gasteiger partial charge on any atom is -0.395 e. The van der Waals surface area contributed by atoms with Crippen LogP contribution >= 0.6 is 23.2 Å². The number of amides is 1. The third kappa shape index (κ3) is 3.69. The molecule has 108 valence electrons.